The second kappa shape index (κ2) is 7.21. The van der Waals surface area contributed by atoms with Crippen LogP contribution in [0.2, 0.25) is 5.02 Å². The maximum atomic E-state index is 12.7. The predicted octanol–water partition coefficient (Wildman–Crippen LogP) is 2.17. The molecule has 22 heavy (non-hydrogen) atoms. The molecule has 0 unspecified atom stereocenters. The molecule has 1 fully saturated rings. The lowest BCUT2D eigenvalue weighted by Crippen LogP contribution is -2.37. The van der Waals surface area contributed by atoms with Crippen LogP contribution in [-0.2, 0) is 10.0 Å². The van der Waals surface area contributed by atoms with E-state index in [1.165, 1.54) is 10.6 Å². The van der Waals surface area contributed by atoms with Crippen molar-refractivity contribution in [1.82, 2.24) is 9.21 Å². The average molecular weight is 363 g/mol. The van der Waals surface area contributed by atoms with E-state index >= 15 is 0 Å². The minimum Gasteiger partial charge on any atom is -0.337 e. The van der Waals surface area contributed by atoms with Gasteiger partial charge in [-0.1, -0.05) is 11.6 Å². The van der Waals surface area contributed by atoms with E-state index < -0.39 is 10.0 Å². The van der Waals surface area contributed by atoms with E-state index in [9.17, 15) is 13.2 Å². The molecule has 0 bridgehead atoms. The fourth-order valence-corrected chi connectivity index (χ4v) is 3.91. The Morgan fingerprint density at radius 2 is 1.95 bits per heavy atom. The summed E-state index contributed by atoms with van der Waals surface area (Å²) in [4.78, 5) is 15.3. The third-order valence-electron chi connectivity index (χ3n) is 3.62. The lowest BCUT2D eigenvalue weighted by Gasteiger charge is -2.21. The summed E-state index contributed by atoms with van der Waals surface area (Å²) in [7, 11) is -3.22. The van der Waals surface area contributed by atoms with Crippen molar-refractivity contribution in [3.8, 4) is 0 Å². The number of benzene rings is 1. The summed E-state index contributed by atoms with van der Waals surface area (Å²) in [6.45, 7) is 1.68. The molecule has 1 aromatic rings. The van der Waals surface area contributed by atoms with Gasteiger partial charge in [0.15, 0.2) is 0 Å². The third kappa shape index (κ3) is 4.16. The molecule has 0 aromatic heterocycles. The molecule has 1 heterocycles. The first-order valence-electron chi connectivity index (χ1n) is 6.91. The smallest absolute Gasteiger partial charge is 0.255 e. The molecule has 1 aromatic carbocycles. The molecule has 2 rings (SSSR count). The molecule has 5 nitrogen and oxygen atoms in total. The van der Waals surface area contributed by atoms with Crippen LogP contribution in [-0.4, -0.2) is 62.2 Å². The van der Waals surface area contributed by atoms with Gasteiger partial charge in [0.05, 0.1) is 16.8 Å². The molecular formula is C14H19ClN2O3S2. The summed E-state index contributed by atoms with van der Waals surface area (Å²) in [6, 6.07) is 5.38. The Kier molecular flexibility index (Phi) is 5.76. The first-order chi connectivity index (χ1) is 10.3. The van der Waals surface area contributed by atoms with Gasteiger partial charge in [-0.05, 0) is 30.9 Å². The second-order valence-corrected chi connectivity index (χ2v) is 8.42. The standard InChI is InChI=1S/C14H19ClN2O3S2/c1-21-11-4-5-13(15)12(10-11)14(18)16-6-3-7-17(9-8-16)22(2,19)20/h4-5,10H,3,6-9H2,1-2H3. The number of carbonyl (C=O) groups is 1. The van der Waals surface area contributed by atoms with Gasteiger partial charge in [0.1, 0.15) is 0 Å². The van der Waals surface area contributed by atoms with E-state index in [-0.39, 0.29) is 5.91 Å². The number of sulfonamides is 1. The van der Waals surface area contributed by atoms with E-state index in [4.69, 9.17) is 11.6 Å². The summed E-state index contributed by atoms with van der Waals surface area (Å²) in [5.41, 5.74) is 0.473. The quantitative estimate of drug-likeness (QED) is 0.773. The molecule has 0 aliphatic carbocycles. The van der Waals surface area contributed by atoms with Crippen molar-refractivity contribution in [3.63, 3.8) is 0 Å². The molecule has 8 heteroatoms. The van der Waals surface area contributed by atoms with Gasteiger partial charge >= 0.3 is 0 Å². The molecule has 0 N–H and O–H groups in total. The molecule has 0 atom stereocenters. The number of hydrogen-bond donors (Lipinski definition) is 0. The normalized spacial score (nSPS) is 17.3. The number of thioether (sulfide) groups is 1. The van der Waals surface area contributed by atoms with Gasteiger partial charge in [-0.3, -0.25) is 4.79 Å². The lowest BCUT2D eigenvalue weighted by atomic mass is 10.2. The Hall–Kier alpha value is -0.760. The summed E-state index contributed by atoms with van der Waals surface area (Å²) in [5, 5.41) is 0.423. The van der Waals surface area contributed by atoms with Gasteiger partial charge in [-0.2, -0.15) is 0 Å². The zero-order valence-electron chi connectivity index (χ0n) is 12.6. The molecule has 1 amide bonds. The molecule has 0 spiro atoms. The first kappa shape index (κ1) is 17.6. The van der Waals surface area contributed by atoms with Crippen molar-refractivity contribution < 1.29 is 13.2 Å². The largest absolute Gasteiger partial charge is 0.337 e. The number of rotatable bonds is 3. The van der Waals surface area contributed by atoms with E-state index in [0.717, 1.165) is 4.90 Å². The Morgan fingerprint density at radius 3 is 2.59 bits per heavy atom. The minimum absolute atomic E-state index is 0.142. The van der Waals surface area contributed by atoms with Crippen molar-refractivity contribution in [1.29, 1.82) is 0 Å². The van der Waals surface area contributed by atoms with Crippen molar-refractivity contribution >= 4 is 39.3 Å². The van der Waals surface area contributed by atoms with Crippen LogP contribution in [0.4, 0.5) is 0 Å². The Labute approximate surface area is 140 Å². The summed E-state index contributed by atoms with van der Waals surface area (Å²) in [5.74, 6) is -0.142. The number of amides is 1. The van der Waals surface area contributed by atoms with Gasteiger partial charge in [0.25, 0.3) is 5.91 Å². The maximum absolute atomic E-state index is 12.7. The van der Waals surface area contributed by atoms with Crippen LogP contribution >= 0.6 is 23.4 Å². The highest BCUT2D eigenvalue weighted by molar-refractivity contribution is 7.98. The van der Waals surface area contributed by atoms with Crippen LogP contribution in [0.3, 0.4) is 0 Å². The molecule has 1 aliphatic heterocycles. The van der Waals surface area contributed by atoms with Crippen LogP contribution in [0.25, 0.3) is 0 Å². The highest BCUT2D eigenvalue weighted by Gasteiger charge is 2.25. The van der Waals surface area contributed by atoms with E-state index in [1.54, 1.807) is 28.8 Å². The van der Waals surface area contributed by atoms with E-state index in [1.807, 2.05) is 12.3 Å². The van der Waals surface area contributed by atoms with E-state index in [0.29, 0.717) is 43.2 Å². The Bertz CT molecular complexity index is 664. The third-order valence-corrected chi connectivity index (χ3v) is 5.97. The highest BCUT2D eigenvalue weighted by atomic mass is 35.5. The number of hydrogen-bond acceptors (Lipinski definition) is 4. The van der Waals surface area contributed by atoms with Gasteiger partial charge < -0.3 is 4.90 Å². The summed E-state index contributed by atoms with van der Waals surface area (Å²) >= 11 is 7.69. The van der Waals surface area contributed by atoms with Gasteiger partial charge in [-0.25, -0.2) is 12.7 Å². The molecule has 122 valence electrons. The van der Waals surface area contributed by atoms with Crippen LogP contribution in [0.5, 0.6) is 0 Å². The average Bonchev–Trinajstić information content (AvgIpc) is 2.72. The maximum Gasteiger partial charge on any atom is 0.255 e. The predicted molar refractivity (Wildman–Crippen MR) is 90.2 cm³/mol. The van der Waals surface area contributed by atoms with Crippen molar-refractivity contribution in [2.75, 3.05) is 38.7 Å². The number of nitrogens with zero attached hydrogens (tertiary/aromatic N) is 2. The minimum atomic E-state index is -3.22. The van der Waals surface area contributed by atoms with Crippen molar-refractivity contribution in [2.45, 2.75) is 11.3 Å². The van der Waals surface area contributed by atoms with Crippen LogP contribution in [0.1, 0.15) is 16.8 Å². The SMILES string of the molecule is CSc1ccc(Cl)c(C(=O)N2CCCN(S(C)(=O)=O)CC2)c1. The zero-order chi connectivity index (χ0) is 16.3. The fourth-order valence-electron chi connectivity index (χ4n) is 2.39. The van der Waals surface area contributed by atoms with Crippen LogP contribution in [0, 0.1) is 0 Å². The highest BCUT2D eigenvalue weighted by Crippen LogP contribution is 2.24. The van der Waals surface area contributed by atoms with Crippen LogP contribution < -0.4 is 0 Å². The Balaban J connectivity index is 2.17. The number of halogens is 1. The second-order valence-electron chi connectivity index (χ2n) is 5.15. The molecule has 1 aliphatic rings. The van der Waals surface area contributed by atoms with Crippen LogP contribution in [0.15, 0.2) is 23.1 Å². The molecule has 1 saturated heterocycles. The molecular weight excluding hydrogens is 344 g/mol. The Morgan fingerprint density at radius 1 is 1.23 bits per heavy atom. The van der Waals surface area contributed by atoms with E-state index in [2.05, 4.69) is 0 Å². The summed E-state index contributed by atoms with van der Waals surface area (Å²) in [6.07, 6.45) is 3.76. The lowest BCUT2D eigenvalue weighted by molar-refractivity contribution is 0.0764. The van der Waals surface area contributed by atoms with Gasteiger partial charge in [-0.15, -0.1) is 11.8 Å². The molecule has 0 radical (unpaired) electrons. The van der Waals surface area contributed by atoms with Gasteiger partial charge in [0, 0.05) is 31.1 Å². The van der Waals surface area contributed by atoms with Crippen molar-refractivity contribution in [2.24, 2.45) is 0 Å². The summed E-state index contributed by atoms with van der Waals surface area (Å²) < 4.78 is 24.7. The monoisotopic (exact) mass is 362 g/mol. The fraction of sp³-hybridized carbons (Fsp3) is 0.500. The van der Waals surface area contributed by atoms with Gasteiger partial charge in [0.2, 0.25) is 10.0 Å². The topological polar surface area (TPSA) is 57.7 Å². The first-order valence-corrected chi connectivity index (χ1v) is 10.4. The number of carbonyl (C=O) groups excluding carboxylic acids is 1. The molecule has 0 saturated carbocycles. The van der Waals surface area contributed by atoms with Crippen molar-refractivity contribution in [3.05, 3.63) is 28.8 Å². The zero-order valence-corrected chi connectivity index (χ0v) is 15.0.